The predicted octanol–water partition coefficient (Wildman–Crippen LogP) is 1.21. The summed E-state index contributed by atoms with van der Waals surface area (Å²) >= 11 is 0. The number of piperazine rings is 1. The molecular formula is C17H24N2O4S. The van der Waals surface area contributed by atoms with E-state index in [4.69, 9.17) is 4.74 Å². The third-order valence-corrected chi connectivity index (χ3v) is 6.36. The number of nitrogens with one attached hydrogen (secondary N) is 1. The lowest BCUT2D eigenvalue weighted by Crippen LogP contribution is -2.65. The van der Waals surface area contributed by atoms with E-state index in [9.17, 15) is 13.2 Å². The highest BCUT2D eigenvalue weighted by molar-refractivity contribution is 7.91. The molecule has 1 N–H and O–H groups in total. The number of amides is 1. The van der Waals surface area contributed by atoms with Crippen LogP contribution in [0.25, 0.3) is 0 Å². The van der Waals surface area contributed by atoms with Gasteiger partial charge < -0.3 is 9.64 Å². The Morgan fingerprint density at radius 1 is 1.33 bits per heavy atom. The van der Waals surface area contributed by atoms with Gasteiger partial charge in [-0.05, 0) is 24.5 Å². The zero-order chi connectivity index (χ0) is 17.5. The Balaban J connectivity index is 2.00. The van der Waals surface area contributed by atoms with Crippen molar-refractivity contribution in [3.05, 3.63) is 24.3 Å². The van der Waals surface area contributed by atoms with Crippen LogP contribution in [-0.2, 0) is 14.6 Å². The summed E-state index contributed by atoms with van der Waals surface area (Å²) in [7, 11) is -1.58. The molecule has 1 aromatic carbocycles. The first-order valence-electron chi connectivity index (χ1n) is 8.24. The van der Waals surface area contributed by atoms with Gasteiger partial charge in [-0.3, -0.25) is 10.1 Å². The number of hydrogen-bond acceptors (Lipinski definition) is 5. The highest BCUT2D eigenvalue weighted by atomic mass is 32.2. The number of ether oxygens (including phenoxy) is 1. The average molecular weight is 352 g/mol. The first kappa shape index (κ1) is 17.2. The van der Waals surface area contributed by atoms with Crippen molar-refractivity contribution in [2.24, 2.45) is 5.92 Å². The van der Waals surface area contributed by atoms with E-state index < -0.39 is 9.84 Å². The van der Waals surface area contributed by atoms with E-state index >= 15 is 0 Å². The number of carbonyl (C=O) groups excluding carboxylic acids is 1. The molecule has 1 amide bonds. The number of nitrogens with zero attached hydrogens (tertiary/aromatic N) is 1. The SMILES string of the molecule is COc1cccc(N2C(=O)[C@H](CC(C)C)N[C@@H]3CS(=O)(=O)C[C@@H]32)c1. The molecule has 1 aromatic rings. The molecule has 3 rings (SSSR count). The second-order valence-electron chi connectivity index (χ2n) is 7.01. The minimum atomic E-state index is -3.15. The number of methoxy groups -OCH3 is 1. The third-order valence-electron chi connectivity index (χ3n) is 4.64. The molecule has 6 nitrogen and oxygen atoms in total. The van der Waals surface area contributed by atoms with Crippen LogP contribution in [0.2, 0.25) is 0 Å². The number of anilines is 1. The van der Waals surface area contributed by atoms with Crippen LogP contribution in [-0.4, -0.2) is 51.1 Å². The maximum atomic E-state index is 13.0. The minimum Gasteiger partial charge on any atom is -0.497 e. The van der Waals surface area contributed by atoms with Gasteiger partial charge in [0.05, 0.1) is 30.7 Å². The molecule has 0 bridgehead atoms. The Labute approximate surface area is 143 Å². The number of benzene rings is 1. The van der Waals surface area contributed by atoms with Gasteiger partial charge in [0.25, 0.3) is 0 Å². The van der Waals surface area contributed by atoms with Crippen LogP contribution < -0.4 is 15.0 Å². The monoisotopic (exact) mass is 352 g/mol. The largest absolute Gasteiger partial charge is 0.497 e. The van der Waals surface area contributed by atoms with Crippen LogP contribution >= 0.6 is 0 Å². The molecule has 2 aliphatic rings. The fourth-order valence-electron chi connectivity index (χ4n) is 3.62. The summed E-state index contributed by atoms with van der Waals surface area (Å²) in [4.78, 5) is 14.7. The quantitative estimate of drug-likeness (QED) is 0.882. The van der Waals surface area contributed by atoms with Crippen molar-refractivity contribution in [3.63, 3.8) is 0 Å². The highest BCUT2D eigenvalue weighted by Crippen LogP contribution is 2.32. The number of hydrogen-bond donors (Lipinski definition) is 1. The Bertz CT molecular complexity index is 732. The molecule has 0 aromatic heterocycles. The molecule has 0 spiro atoms. The van der Waals surface area contributed by atoms with Crippen LogP contribution in [0.4, 0.5) is 5.69 Å². The summed E-state index contributed by atoms with van der Waals surface area (Å²) in [6.07, 6.45) is 0.683. The van der Waals surface area contributed by atoms with Crippen LogP contribution in [0.1, 0.15) is 20.3 Å². The molecule has 2 heterocycles. The molecule has 0 aliphatic carbocycles. The second kappa shape index (κ2) is 6.37. The number of rotatable bonds is 4. The fourth-order valence-corrected chi connectivity index (χ4v) is 5.53. The summed E-state index contributed by atoms with van der Waals surface area (Å²) in [6, 6.07) is 6.31. The second-order valence-corrected chi connectivity index (χ2v) is 9.16. The number of sulfone groups is 1. The van der Waals surface area contributed by atoms with E-state index in [1.165, 1.54) is 0 Å². The van der Waals surface area contributed by atoms with Crippen molar-refractivity contribution in [1.29, 1.82) is 0 Å². The summed E-state index contributed by atoms with van der Waals surface area (Å²) in [6.45, 7) is 4.12. The first-order chi connectivity index (χ1) is 11.3. The molecule has 7 heteroatoms. The lowest BCUT2D eigenvalue weighted by Gasteiger charge is -2.42. The van der Waals surface area contributed by atoms with Gasteiger partial charge in [0.2, 0.25) is 5.91 Å². The predicted molar refractivity (Wildman–Crippen MR) is 93.1 cm³/mol. The lowest BCUT2D eigenvalue weighted by molar-refractivity contribution is -0.123. The Kier molecular flexibility index (Phi) is 4.57. The van der Waals surface area contributed by atoms with Gasteiger partial charge in [-0.1, -0.05) is 19.9 Å². The molecular weight excluding hydrogens is 328 g/mol. The maximum absolute atomic E-state index is 13.0. The van der Waals surface area contributed by atoms with Crippen LogP contribution in [0.3, 0.4) is 0 Å². The Morgan fingerprint density at radius 2 is 2.08 bits per heavy atom. The van der Waals surface area contributed by atoms with Crippen molar-refractivity contribution < 1.29 is 17.9 Å². The smallest absolute Gasteiger partial charge is 0.244 e. The normalized spacial score (nSPS) is 28.9. The Morgan fingerprint density at radius 3 is 2.75 bits per heavy atom. The molecule has 0 unspecified atom stereocenters. The Hall–Kier alpha value is -1.60. The van der Waals surface area contributed by atoms with E-state index in [-0.39, 0.29) is 35.5 Å². The first-order valence-corrected chi connectivity index (χ1v) is 10.1. The van der Waals surface area contributed by atoms with Gasteiger partial charge in [0.15, 0.2) is 9.84 Å². The standard InChI is InChI=1S/C17H24N2O4S/c1-11(2)7-14-17(20)19(12-5-4-6-13(8-12)23-3)16-10-24(21,22)9-15(16)18-14/h4-6,8,11,14-16,18H,7,9-10H2,1-3H3/t14-,15+,16-/m0/s1. The van der Waals surface area contributed by atoms with E-state index in [0.29, 0.717) is 23.8 Å². The van der Waals surface area contributed by atoms with Gasteiger partial charge >= 0.3 is 0 Å². The summed E-state index contributed by atoms with van der Waals surface area (Å²) < 4.78 is 29.5. The third kappa shape index (κ3) is 3.28. The van der Waals surface area contributed by atoms with E-state index in [0.717, 1.165) is 0 Å². The van der Waals surface area contributed by atoms with Crippen molar-refractivity contribution in [2.75, 3.05) is 23.5 Å². The zero-order valence-corrected chi connectivity index (χ0v) is 15.0. The summed E-state index contributed by atoms with van der Waals surface area (Å²) in [5.74, 6) is 1.02. The van der Waals surface area contributed by atoms with E-state index in [1.54, 1.807) is 18.1 Å². The lowest BCUT2D eigenvalue weighted by atomic mass is 9.95. The molecule has 3 atom stereocenters. The van der Waals surface area contributed by atoms with Crippen molar-refractivity contribution in [3.8, 4) is 5.75 Å². The highest BCUT2D eigenvalue weighted by Gasteiger charge is 2.49. The number of carbonyl (C=O) groups is 1. The van der Waals surface area contributed by atoms with Crippen LogP contribution in [0.5, 0.6) is 5.75 Å². The molecule has 24 heavy (non-hydrogen) atoms. The van der Waals surface area contributed by atoms with Crippen molar-refractivity contribution in [2.45, 2.75) is 38.4 Å². The van der Waals surface area contributed by atoms with Gasteiger partial charge in [-0.25, -0.2) is 8.42 Å². The molecule has 2 aliphatic heterocycles. The van der Waals surface area contributed by atoms with Gasteiger partial charge in [0.1, 0.15) is 5.75 Å². The van der Waals surface area contributed by atoms with E-state index in [2.05, 4.69) is 19.2 Å². The fraction of sp³-hybridized carbons (Fsp3) is 0.588. The topological polar surface area (TPSA) is 75.7 Å². The molecule has 0 saturated carbocycles. The van der Waals surface area contributed by atoms with Gasteiger partial charge in [-0.15, -0.1) is 0 Å². The summed E-state index contributed by atoms with van der Waals surface area (Å²) in [5.41, 5.74) is 0.696. The molecule has 132 valence electrons. The van der Waals surface area contributed by atoms with Crippen molar-refractivity contribution in [1.82, 2.24) is 5.32 Å². The van der Waals surface area contributed by atoms with Crippen LogP contribution in [0.15, 0.2) is 24.3 Å². The van der Waals surface area contributed by atoms with Gasteiger partial charge in [0, 0.05) is 17.8 Å². The maximum Gasteiger partial charge on any atom is 0.244 e. The zero-order valence-electron chi connectivity index (χ0n) is 14.2. The molecule has 2 fully saturated rings. The molecule has 2 saturated heterocycles. The minimum absolute atomic E-state index is 0.00200. The van der Waals surface area contributed by atoms with Gasteiger partial charge in [-0.2, -0.15) is 0 Å². The number of fused-ring (bicyclic) bond motifs is 1. The van der Waals surface area contributed by atoms with Crippen LogP contribution in [0, 0.1) is 5.92 Å². The average Bonchev–Trinajstić information content (AvgIpc) is 2.81. The van der Waals surface area contributed by atoms with Crippen molar-refractivity contribution >= 4 is 21.4 Å². The summed E-state index contributed by atoms with van der Waals surface area (Å²) in [5, 5.41) is 3.28. The molecule has 0 radical (unpaired) electrons. The van der Waals surface area contributed by atoms with E-state index in [1.807, 2.05) is 18.2 Å².